The minimum Gasteiger partial charge on any atom is -0.477 e. The van der Waals surface area contributed by atoms with Crippen LogP contribution < -0.4 is 0 Å². The Morgan fingerprint density at radius 1 is 1.26 bits per heavy atom. The fourth-order valence-corrected chi connectivity index (χ4v) is 2.01. The standard InChI is InChI=1S/C14H16N2O3/c17-13-9-8-12(14(18)19)15-16(13)10-4-7-11-5-2-1-3-6-11/h1-3,5-6H,4,7-10H2,(H,18,19). The van der Waals surface area contributed by atoms with Crippen molar-refractivity contribution in [1.82, 2.24) is 5.01 Å². The molecule has 5 heteroatoms. The van der Waals surface area contributed by atoms with Gasteiger partial charge in [-0.3, -0.25) is 4.79 Å². The highest BCUT2D eigenvalue weighted by Crippen LogP contribution is 2.11. The van der Waals surface area contributed by atoms with Crippen LogP contribution in [0, 0.1) is 0 Å². The quantitative estimate of drug-likeness (QED) is 0.875. The molecule has 0 unspecified atom stereocenters. The number of carbonyl (C=O) groups is 2. The molecule has 0 spiro atoms. The van der Waals surface area contributed by atoms with Gasteiger partial charge in [-0.05, 0) is 18.4 Å². The predicted octanol–water partition coefficient (Wildman–Crippen LogP) is 1.68. The van der Waals surface area contributed by atoms with Crippen LogP contribution in [0.5, 0.6) is 0 Å². The molecule has 0 aliphatic carbocycles. The van der Waals surface area contributed by atoms with Crippen molar-refractivity contribution in [3.63, 3.8) is 0 Å². The van der Waals surface area contributed by atoms with Crippen molar-refractivity contribution in [2.24, 2.45) is 5.10 Å². The molecule has 5 nitrogen and oxygen atoms in total. The van der Waals surface area contributed by atoms with Crippen molar-refractivity contribution in [2.75, 3.05) is 6.54 Å². The average molecular weight is 260 g/mol. The highest BCUT2D eigenvalue weighted by molar-refractivity contribution is 6.36. The summed E-state index contributed by atoms with van der Waals surface area (Å²) in [7, 11) is 0. The first-order chi connectivity index (χ1) is 9.16. The molecule has 1 aromatic carbocycles. The lowest BCUT2D eigenvalue weighted by atomic mass is 10.1. The number of carboxylic acid groups (broad SMARTS) is 1. The van der Waals surface area contributed by atoms with Crippen molar-refractivity contribution in [2.45, 2.75) is 25.7 Å². The molecule has 1 aliphatic heterocycles. The minimum absolute atomic E-state index is 0.0688. The van der Waals surface area contributed by atoms with Crippen LogP contribution in [0.3, 0.4) is 0 Å². The summed E-state index contributed by atoms with van der Waals surface area (Å²) in [4.78, 5) is 22.5. The number of amides is 1. The van der Waals surface area contributed by atoms with E-state index in [1.54, 1.807) is 0 Å². The molecule has 1 amide bonds. The first kappa shape index (κ1) is 13.3. The third-order valence-electron chi connectivity index (χ3n) is 3.03. The van der Waals surface area contributed by atoms with Crippen molar-refractivity contribution < 1.29 is 14.7 Å². The number of rotatable bonds is 5. The summed E-state index contributed by atoms with van der Waals surface area (Å²) in [6, 6.07) is 9.97. The normalized spacial score (nSPS) is 15.3. The number of nitrogens with zero attached hydrogens (tertiary/aromatic N) is 2. The van der Waals surface area contributed by atoms with Gasteiger partial charge in [0.25, 0.3) is 0 Å². The van der Waals surface area contributed by atoms with Gasteiger partial charge >= 0.3 is 5.97 Å². The maximum atomic E-state index is 11.6. The summed E-state index contributed by atoms with van der Waals surface area (Å²) in [5.74, 6) is -1.14. The maximum absolute atomic E-state index is 11.6. The number of carbonyl (C=O) groups excluding carboxylic acids is 1. The Labute approximate surface area is 111 Å². The number of aliphatic carboxylic acids is 1. The van der Waals surface area contributed by atoms with Crippen molar-refractivity contribution in [1.29, 1.82) is 0 Å². The van der Waals surface area contributed by atoms with Crippen LogP contribution in [-0.4, -0.2) is 34.2 Å². The molecule has 1 heterocycles. The van der Waals surface area contributed by atoms with Crippen molar-refractivity contribution in [3.8, 4) is 0 Å². The van der Waals surface area contributed by atoms with Gasteiger partial charge in [-0.25, -0.2) is 9.80 Å². The van der Waals surface area contributed by atoms with Crippen LogP contribution in [0.25, 0.3) is 0 Å². The topological polar surface area (TPSA) is 70.0 Å². The van der Waals surface area contributed by atoms with Gasteiger partial charge in [-0.2, -0.15) is 5.10 Å². The Bertz CT molecular complexity index is 497. The van der Waals surface area contributed by atoms with Gasteiger partial charge in [-0.1, -0.05) is 30.3 Å². The highest BCUT2D eigenvalue weighted by Gasteiger charge is 2.23. The van der Waals surface area contributed by atoms with Crippen molar-refractivity contribution in [3.05, 3.63) is 35.9 Å². The smallest absolute Gasteiger partial charge is 0.352 e. The molecule has 0 atom stereocenters. The molecule has 1 aromatic rings. The highest BCUT2D eigenvalue weighted by atomic mass is 16.4. The van der Waals surface area contributed by atoms with E-state index in [2.05, 4.69) is 5.10 Å². The molecular formula is C14H16N2O3. The van der Waals surface area contributed by atoms with Gasteiger partial charge in [0.2, 0.25) is 5.91 Å². The van der Waals surface area contributed by atoms with E-state index in [4.69, 9.17) is 5.11 Å². The zero-order valence-corrected chi connectivity index (χ0v) is 10.6. The second-order valence-electron chi connectivity index (χ2n) is 4.46. The van der Waals surface area contributed by atoms with Gasteiger partial charge in [0.15, 0.2) is 0 Å². The van der Waals surface area contributed by atoms with Crippen LogP contribution in [0.2, 0.25) is 0 Å². The van der Waals surface area contributed by atoms with E-state index >= 15 is 0 Å². The van der Waals surface area contributed by atoms with Crippen LogP contribution >= 0.6 is 0 Å². The monoisotopic (exact) mass is 260 g/mol. The average Bonchev–Trinajstić information content (AvgIpc) is 2.42. The van der Waals surface area contributed by atoms with Crippen LogP contribution in [0.1, 0.15) is 24.8 Å². The molecule has 0 saturated heterocycles. The molecule has 0 aromatic heterocycles. The third-order valence-corrected chi connectivity index (χ3v) is 3.03. The second-order valence-corrected chi connectivity index (χ2v) is 4.46. The molecular weight excluding hydrogens is 244 g/mol. The second kappa shape index (κ2) is 6.13. The number of hydrazone groups is 1. The SMILES string of the molecule is O=C(O)C1=NN(CCCc2ccccc2)C(=O)CC1. The lowest BCUT2D eigenvalue weighted by Crippen LogP contribution is -2.35. The number of aryl methyl sites for hydroxylation is 1. The summed E-state index contributed by atoms with van der Waals surface area (Å²) in [5.41, 5.74) is 1.27. The van der Waals surface area contributed by atoms with Gasteiger partial charge in [-0.15, -0.1) is 0 Å². The van der Waals surface area contributed by atoms with Gasteiger partial charge in [0.1, 0.15) is 5.71 Å². The van der Waals surface area contributed by atoms with Crippen LogP contribution in [-0.2, 0) is 16.0 Å². The number of hydrogen-bond donors (Lipinski definition) is 1. The Morgan fingerprint density at radius 3 is 2.68 bits per heavy atom. The molecule has 2 rings (SSSR count). The van der Waals surface area contributed by atoms with E-state index < -0.39 is 5.97 Å². The maximum Gasteiger partial charge on any atom is 0.352 e. The molecule has 0 saturated carbocycles. The lowest BCUT2D eigenvalue weighted by molar-refractivity contribution is -0.132. The first-order valence-corrected chi connectivity index (χ1v) is 6.32. The molecule has 100 valence electrons. The van der Waals surface area contributed by atoms with Gasteiger partial charge in [0, 0.05) is 19.4 Å². The third kappa shape index (κ3) is 3.64. The van der Waals surface area contributed by atoms with E-state index in [1.165, 1.54) is 10.6 Å². The van der Waals surface area contributed by atoms with E-state index in [-0.39, 0.29) is 24.5 Å². The molecule has 19 heavy (non-hydrogen) atoms. The minimum atomic E-state index is -1.04. The molecule has 1 N–H and O–H groups in total. The van der Waals surface area contributed by atoms with Gasteiger partial charge < -0.3 is 5.11 Å². The fraction of sp³-hybridized carbons (Fsp3) is 0.357. The van der Waals surface area contributed by atoms with Crippen LogP contribution in [0.4, 0.5) is 0 Å². The molecule has 0 fully saturated rings. The first-order valence-electron chi connectivity index (χ1n) is 6.32. The van der Waals surface area contributed by atoms with E-state index in [9.17, 15) is 9.59 Å². The number of hydrogen-bond acceptors (Lipinski definition) is 3. The number of benzene rings is 1. The zero-order chi connectivity index (χ0) is 13.7. The zero-order valence-electron chi connectivity index (χ0n) is 10.6. The summed E-state index contributed by atoms with van der Waals surface area (Å²) in [6.45, 7) is 0.463. The Kier molecular flexibility index (Phi) is 4.28. The summed E-state index contributed by atoms with van der Waals surface area (Å²) >= 11 is 0. The molecule has 0 bridgehead atoms. The van der Waals surface area contributed by atoms with Gasteiger partial charge in [0.05, 0.1) is 0 Å². The summed E-state index contributed by atoms with van der Waals surface area (Å²) in [6.07, 6.45) is 2.08. The van der Waals surface area contributed by atoms with E-state index in [0.29, 0.717) is 6.54 Å². The Balaban J connectivity index is 1.89. The van der Waals surface area contributed by atoms with E-state index in [0.717, 1.165) is 12.8 Å². The molecule has 1 aliphatic rings. The van der Waals surface area contributed by atoms with Crippen molar-refractivity contribution >= 4 is 17.6 Å². The van der Waals surface area contributed by atoms with Crippen LogP contribution in [0.15, 0.2) is 35.4 Å². The summed E-state index contributed by atoms with van der Waals surface area (Å²) in [5, 5.41) is 14.1. The predicted molar refractivity (Wildman–Crippen MR) is 70.8 cm³/mol. The fourth-order valence-electron chi connectivity index (χ4n) is 2.01. The molecule has 0 radical (unpaired) electrons. The lowest BCUT2D eigenvalue weighted by Gasteiger charge is -2.21. The van der Waals surface area contributed by atoms with E-state index in [1.807, 2.05) is 30.3 Å². The largest absolute Gasteiger partial charge is 0.477 e. The number of carboxylic acids is 1. The summed E-state index contributed by atoms with van der Waals surface area (Å²) < 4.78 is 0. The Hall–Kier alpha value is -2.17. The Morgan fingerprint density at radius 2 is 2.00 bits per heavy atom.